The first-order valence-electron chi connectivity index (χ1n) is 13.5. The van der Waals surface area contributed by atoms with Crippen LogP contribution in [0.1, 0.15) is 26.2 Å². The Kier molecular flexibility index (Phi) is 7.37. The number of aromatic amines is 1. The van der Waals surface area contributed by atoms with Crippen molar-refractivity contribution in [2.45, 2.75) is 32.2 Å². The maximum absolute atomic E-state index is 13.3. The van der Waals surface area contributed by atoms with Gasteiger partial charge in [-0.3, -0.25) is 14.8 Å². The van der Waals surface area contributed by atoms with Crippen molar-refractivity contribution in [3.8, 4) is 22.8 Å². The van der Waals surface area contributed by atoms with E-state index in [0.29, 0.717) is 49.7 Å². The maximum atomic E-state index is 13.3. The molecule has 40 heavy (non-hydrogen) atoms. The van der Waals surface area contributed by atoms with Crippen molar-refractivity contribution < 1.29 is 14.3 Å². The van der Waals surface area contributed by atoms with Crippen molar-refractivity contribution in [1.29, 1.82) is 0 Å². The predicted octanol–water partition coefficient (Wildman–Crippen LogP) is 5.52. The lowest BCUT2D eigenvalue weighted by atomic mass is 9.90. The quantitative estimate of drug-likeness (QED) is 0.379. The molecular weight excluding hydrogens is 551 g/mol. The summed E-state index contributed by atoms with van der Waals surface area (Å²) in [6.07, 6.45) is 7.61. The number of allylic oxidation sites excluding steroid dienone is 3. The second kappa shape index (κ2) is 11.0. The normalized spacial score (nSPS) is 19.8. The van der Waals surface area contributed by atoms with Gasteiger partial charge in [0.1, 0.15) is 11.5 Å². The number of piperazine rings is 1. The van der Waals surface area contributed by atoms with Gasteiger partial charge in [-0.1, -0.05) is 36.2 Å². The van der Waals surface area contributed by atoms with E-state index >= 15 is 0 Å². The Morgan fingerprint density at radius 2 is 1.75 bits per heavy atom. The van der Waals surface area contributed by atoms with Crippen LogP contribution in [0.4, 0.5) is 5.82 Å². The van der Waals surface area contributed by atoms with Crippen LogP contribution in [0.25, 0.3) is 22.3 Å². The van der Waals surface area contributed by atoms with E-state index in [-0.39, 0.29) is 11.8 Å². The summed E-state index contributed by atoms with van der Waals surface area (Å²) in [5, 5.41) is 11.5. The van der Waals surface area contributed by atoms with Crippen LogP contribution in [-0.4, -0.2) is 77.3 Å². The van der Waals surface area contributed by atoms with Crippen molar-refractivity contribution in [1.82, 2.24) is 25.0 Å². The van der Waals surface area contributed by atoms with Gasteiger partial charge in [0, 0.05) is 55.1 Å². The van der Waals surface area contributed by atoms with Crippen molar-refractivity contribution in [2.24, 2.45) is 5.92 Å². The van der Waals surface area contributed by atoms with E-state index < -0.39 is 0 Å². The molecule has 11 heteroatoms. The molecule has 1 unspecified atom stereocenters. The number of fused-ring (bicyclic) bond motifs is 1. The van der Waals surface area contributed by atoms with Crippen molar-refractivity contribution in [2.75, 3.05) is 45.7 Å². The first-order chi connectivity index (χ1) is 19.4. The van der Waals surface area contributed by atoms with Gasteiger partial charge >= 0.3 is 0 Å². The Labute approximate surface area is 243 Å². The molecule has 2 aliphatic carbocycles. The summed E-state index contributed by atoms with van der Waals surface area (Å²) in [6, 6.07) is 6.05. The fourth-order valence-corrected chi connectivity index (χ4v) is 6.31. The number of pyridine rings is 1. The molecule has 1 aliphatic heterocycles. The molecule has 1 atom stereocenters. The summed E-state index contributed by atoms with van der Waals surface area (Å²) in [4.78, 5) is 23.0. The Morgan fingerprint density at radius 3 is 2.38 bits per heavy atom. The van der Waals surface area contributed by atoms with E-state index in [1.54, 1.807) is 12.1 Å². The number of amides is 1. The number of hydrogen-bond donors (Lipinski definition) is 2. The van der Waals surface area contributed by atoms with Gasteiger partial charge in [-0.05, 0) is 43.4 Å². The van der Waals surface area contributed by atoms with Gasteiger partial charge in [0.15, 0.2) is 11.5 Å². The summed E-state index contributed by atoms with van der Waals surface area (Å²) in [5.74, 6) is 1.19. The highest BCUT2D eigenvalue weighted by molar-refractivity contribution is 6.41. The third-order valence-corrected chi connectivity index (χ3v) is 8.78. The lowest BCUT2D eigenvalue weighted by Crippen LogP contribution is -2.47. The Hall–Kier alpha value is -3.27. The monoisotopic (exact) mass is 582 g/mol. The fourth-order valence-electron chi connectivity index (χ4n) is 5.62. The first-order valence-corrected chi connectivity index (χ1v) is 14.3. The predicted molar refractivity (Wildman–Crippen MR) is 157 cm³/mol. The van der Waals surface area contributed by atoms with Crippen LogP contribution in [0, 0.1) is 5.92 Å². The Morgan fingerprint density at radius 1 is 1.05 bits per heavy atom. The molecule has 0 radical (unpaired) electrons. The summed E-state index contributed by atoms with van der Waals surface area (Å²) in [6.45, 7) is 6.46. The maximum Gasteiger partial charge on any atom is 0.253 e. The van der Waals surface area contributed by atoms with Gasteiger partial charge in [0.2, 0.25) is 0 Å². The molecule has 9 nitrogen and oxygen atoms in total. The number of rotatable bonds is 7. The van der Waals surface area contributed by atoms with Crippen molar-refractivity contribution in [3.05, 3.63) is 51.7 Å². The number of nitrogens with zero attached hydrogens (tertiary/aromatic N) is 4. The molecule has 1 aromatic carbocycles. The molecule has 6 rings (SSSR count). The molecule has 2 fully saturated rings. The van der Waals surface area contributed by atoms with Gasteiger partial charge in [-0.25, -0.2) is 4.98 Å². The third-order valence-electron chi connectivity index (χ3n) is 8.03. The Bertz CT molecular complexity index is 1490. The van der Waals surface area contributed by atoms with Gasteiger partial charge in [-0.15, -0.1) is 0 Å². The molecule has 3 heterocycles. The number of anilines is 1. The lowest BCUT2D eigenvalue weighted by Gasteiger charge is -2.39. The SMILES string of the molecule is COc1cc(OC)c(Cl)c(-c2ccc3c(NC(=O)C4=CC=C(N5CCN(C6CC6)CC5)CC4C)n[nH]c3n2)c1Cl. The molecule has 0 bridgehead atoms. The summed E-state index contributed by atoms with van der Waals surface area (Å²) < 4.78 is 10.8. The van der Waals surface area contributed by atoms with Gasteiger partial charge in [0.05, 0.1) is 35.3 Å². The van der Waals surface area contributed by atoms with E-state index in [1.807, 2.05) is 12.1 Å². The van der Waals surface area contributed by atoms with Gasteiger partial charge < -0.3 is 19.7 Å². The highest BCUT2D eigenvalue weighted by Crippen LogP contribution is 2.45. The second-order valence-corrected chi connectivity index (χ2v) is 11.3. The number of carbonyl (C=O) groups is 1. The second-order valence-electron chi connectivity index (χ2n) is 10.5. The zero-order chi connectivity index (χ0) is 28.0. The van der Waals surface area contributed by atoms with Crippen LogP contribution >= 0.6 is 23.2 Å². The molecule has 2 N–H and O–H groups in total. The van der Waals surface area contributed by atoms with Crippen LogP contribution in [0.2, 0.25) is 10.0 Å². The number of H-pyrrole nitrogens is 1. The largest absolute Gasteiger partial charge is 0.495 e. The van der Waals surface area contributed by atoms with E-state index in [4.69, 9.17) is 32.7 Å². The molecule has 2 aromatic heterocycles. The number of benzene rings is 1. The number of ether oxygens (including phenoxy) is 2. The summed E-state index contributed by atoms with van der Waals surface area (Å²) in [7, 11) is 3.04. The summed E-state index contributed by atoms with van der Waals surface area (Å²) in [5.41, 5.74) is 3.54. The van der Waals surface area contributed by atoms with Crippen molar-refractivity contribution >= 4 is 46.0 Å². The molecule has 1 amide bonds. The third kappa shape index (κ3) is 5.02. The molecular formula is C29H32Cl2N6O3. The van der Waals surface area contributed by atoms with E-state index in [9.17, 15) is 4.79 Å². The first kappa shape index (κ1) is 26.9. The fraction of sp³-hybridized carbons (Fsp3) is 0.414. The van der Waals surface area contributed by atoms with Crippen LogP contribution in [0.3, 0.4) is 0 Å². The molecule has 210 valence electrons. The summed E-state index contributed by atoms with van der Waals surface area (Å²) >= 11 is 13.2. The highest BCUT2D eigenvalue weighted by Gasteiger charge is 2.32. The molecule has 3 aromatic rings. The smallest absolute Gasteiger partial charge is 0.253 e. The lowest BCUT2D eigenvalue weighted by molar-refractivity contribution is -0.113. The van der Waals surface area contributed by atoms with Crippen LogP contribution in [-0.2, 0) is 4.79 Å². The zero-order valence-corrected chi connectivity index (χ0v) is 24.3. The van der Waals surface area contributed by atoms with Crippen LogP contribution < -0.4 is 14.8 Å². The number of carbonyl (C=O) groups excluding carboxylic acids is 1. The van der Waals surface area contributed by atoms with E-state index in [1.165, 1.54) is 32.8 Å². The minimum atomic E-state index is -0.164. The Balaban J connectivity index is 1.19. The topological polar surface area (TPSA) is 95.6 Å². The zero-order valence-electron chi connectivity index (χ0n) is 22.8. The average molecular weight is 584 g/mol. The number of hydrogen-bond acceptors (Lipinski definition) is 7. The van der Waals surface area contributed by atoms with Gasteiger partial charge in [0.25, 0.3) is 5.91 Å². The number of nitrogens with one attached hydrogen (secondary N) is 2. The number of methoxy groups -OCH3 is 2. The van der Waals surface area contributed by atoms with Crippen LogP contribution in [0.15, 0.2) is 41.6 Å². The average Bonchev–Trinajstić information content (AvgIpc) is 3.74. The standard InChI is InChI=1S/C29H32Cl2N6O3/c1-16-14-18(37-12-10-36(11-13-37)17-4-5-17)6-7-19(16)29(38)33-28-20-8-9-21(32-27(20)34-35-28)24-25(30)22(39-2)15-23(40-3)26(24)31/h6-9,15-17H,4-5,10-14H2,1-3H3,(H2,32,33,34,35,38). The number of aromatic nitrogens is 3. The van der Waals surface area contributed by atoms with Crippen LogP contribution in [0.5, 0.6) is 11.5 Å². The molecule has 0 spiro atoms. The van der Waals surface area contributed by atoms with E-state index in [2.05, 4.69) is 43.3 Å². The minimum absolute atomic E-state index is 0.101. The highest BCUT2D eigenvalue weighted by atomic mass is 35.5. The number of halogens is 2. The molecule has 1 saturated carbocycles. The minimum Gasteiger partial charge on any atom is -0.495 e. The van der Waals surface area contributed by atoms with E-state index in [0.717, 1.165) is 44.2 Å². The van der Waals surface area contributed by atoms with Gasteiger partial charge in [-0.2, -0.15) is 5.10 Å². The molecule has 1 saturated heterocycles. The van der Waals surface area contributed by atoms with Crippen molar-refractivity contribution in [3.63, 3.8) is 0 Å². The molecule has 3 aliphatic rings.